The normalized spacial score (nSPS) is 20.5. The molecule has 1 atom stereocenters. The molecule has 2 heterocycles. The molecule has 0 radical (unpaired) electrons. The van der Waals surface area contributed by atoms with Gasteiger partial charge in [0.1, 0.15) is 12.7 Å². The number of ether oxygens (including phenoxy) is 3. The summed E-state index contributed by atoms with van der Waals surface area (Å²) < 4.78 is 17.0. The molecule has 0 bridgehead atoms. The van der Waals surface area contributed by atoms with Crippen LogP contribution < -0.4 is 9.47 Å². The molecule has 0 amide bonds. The summed E-state index contributed by atoms with van der Waals surface area (Å²) in [5.41, 5.74) is 1.19. The Balaban J connectivity index is 1.50. The maximum Gasteiger partial charge on any atom is 0.161 e. The minimum absolute atomic E-state index is 0.268. The van der Waals surface area contributed by atoms with Gasteiger partial charge in [0.15, 0.2) is 11.5 Å². The average Bonchev–Trinajstić information content (AvgIpc) is 2.97. The summed E-state index contributed by atoms with van der Waals surface area (Å²) in [6.07, 6.45) is 2.91. The minimum Gasteiger partial charge on any atom is -0.493 e. The number of hydrogen-bond acceptors (Lipinski definition) is 7. The van der Waals surface area contributed by atoms with Gasteiger partial charge in [-0.25, -0.2) is 0 Å². The van der Waals surface area contributed by atoms with Gasteiger partial charge in [0, 0.05) is 45.9 Å². The second kappa shape index (κ2) is 12.6. The van der Waals surface area contributed by atoms with Crippen molar-refractivity contribution in [1.82, 2.24) is 14.7 Å². The number of nitrogens with zero attached hydrogens (tertiary/aromatic N) is 3. The summed E-state index contributed by atoms with van der Waals surface area (Å²) in [6.45, 7) is 8.81. The second-order valence-electron chi connectivity index (χ2n) is 9.16. The van der Waals surface area contributed by atoms with E-state index in [1.54, 1.807) is 7.11 Å². The highest BCUT2D eigenvalue weighted by Crippen LogP contribution is 2.29. The zero-order valence-electron chi connectivity index (χ0n) is 19.6. The van der Waals surface area contributed by atoms with Gasteiger partial charge in [-0.2, -0.15) is 0 Å². The van der Waals surface area contributed by atoms with Crippen molar-refractivity contribution in [2.75, 3.05) is 80.3 Å². The zero-order chi connectivity index (χ0) is 22.1. The molecular formula is C24H41N3O4. The van der Waals surface area contributed by atoms with E-state index >= 15 is 0 Å². The molecule has 2 aliphatic heterocycles. The lowest BCUT2D eigenvalue weighted by atomic mass is 10.00. The highest BCUT2D eigenvalue weighted by Gasteiger charge is 2.18. The van der Waals surface area contributed by atoms with E-state index in [2.05, 4.69) is 34.9 Å². The number of aliphatic hydroxyl groups is 1. The van der Waals surface area contributed by atoms with Gasteiger partial charge in [0.2, 0.25) is 0 Å². The third kappa shape index (κ3) is 8.24. The van der Waals surface area contributed by atoms with Crippen molar-refractivity contribution in [3.8, 4) is 11.5 Å². The second-order valence-corrected chi connectivity index (χ2v) is 9.16. The first kappa shape index (κ1) is 24.3. The van der Waals surface area contributed by atoms with Gasteiger partial charge in [0.25, 0.3) is 0 Å². The van der Waals surface area contributed by atoms with Gasteiger partial charge in [-0.05, 0) is 70.1 Å². The molecule has 0 saturated carbocycles. The third-order valence-electron chi connectivity index (χ3n) is 6.30. The molecule has 2 fully saturated rings. The molecule has 0 aliphatic carbocycles. The van der Waals surface area contributed by atoms with Crippen LogP contribution in [-0.4, -0.2) is 106 Å². The first-order valence-corrected chi connectivity index (χ1v) is 11.7. The van der Waals surface area contributed by atoms with E-state index in [0.29, 0.717) is 24.0 Å². The van der Waals surface area contributed by atoms with Crippen LogP contribution in [0.25, 0.3) is 0 Å². The fraction of sp³-hybridized carbons (Fsp3) is 0.750. The molecular weight excluding hydrogens is 394 g/mol. The summed E-state index contributed by atoms with van der Waals surface area (Å²) in [6, 6.07) is 6.10. The van der Waals surface area contributed by atoms with Crippen molar-refractivity contribution in [2.24, 2.45) is 5.92 Å². The Morgan fingerprint density at radius 1 is 1.16 bits per heavy atom. The molecule has 1 N–H and O–H groups in total. The monoisotopic (exact) mass is 435 g/mol. The van der Waals surface area contributed by atoms with E-state index in [9.17, 15) is 5.11 Å². The van der Waals surface area contributed by atoms with Crippen molar-refractivity contribution in [1.29, 1.82) is 0 Å². The lowest BCUT2D eigenvalue weighted by Gasteiger charge is -2.27. The number of rotatable bonds is 10. The zero-order valence-corrected chi connectivity index (χ0v) is 19.6. The Hall–Kier alpha value is -1.38. The third-order valence-corrected chi connectivity index (χ3v) is 6.30. The maximum absolute atomic E-state index is 10.5. The number of β-amino-alcohol motifs (C(OH)–C–C–N with tert-alkyl or cyclic N) is 1. The van der Waals surface area contributed by atoms with Crippen LogP contribution in [0.3, 0.4) is 0 Å². The molecule has 0 spiro atoms. The lowest BCUT2D eigenvalue weighted by Crippen LogP contribution is -2.37. The van der Waals surface area contributed by atoms with Crippen molar-refractivity contribution in [3.63, 3.8) is 0 Å². The summed E-state index contributed by atoms with van der Waals surface area (Å²) in [7, 11) is 5.98. The van der Waals surface area contributed by atoms with Crippen molar-refractivity contribution in [2.45, 2.75) is 31.9 Å². The Morgan fingerprint density at radius 2 is 1.97 bits per heavy atom. The number of benzene rings is 1. The Bertz CT molecular complexity index is 654. The molecule has 0 aromatic heterocycles. The van der Waals surface area contributed by atoms with Crippen molar-refractivity contribution < 1.29 is 19.3 Å². The van der Waals surface area contributed by atoms with E-state index in [4.69, 9.17) is 14.2 Å². The largest absolute Gasteiger partial charge is 0.493 e. The molecule has 2 aliphatic rings. The molecule has 3 rings (SSSR count). The molecule has 176 valence electrons. The Kier molecular flexibility index (Phi) is 9.87. The molecule has 31 heavy (non-hydrogen) atoms. The van der Waals surface area contributed by atoms with Crippen molar-refractivity contribution in [3.05, 3.63) is 23.8 Å². The van der Waals surface area contributed by atoms with Crippen LogP contribution in [0.2, 0.25) is 0 Å². The van der Waals surface area contributed by atoms with Crippen LogP contribution in [-0.2, 0) is 11.3 Å². The van der Waals surface area contributed by atoms with Gasteiger partial charge in [-0.3, -0.25) is 4.90 Å². The molecule has 7 nitrogen and oxygen atoms in total. The molecule has 7 heteroatoms. The summed E-state index contributed by atoms with van der Waals surface area (Å²) in [5.74, 6) is 2.12. The van der Waals surface area contributed by atoms with E-state index in [1.807, 2.05) is 12.1 Å². The number of aliphatic hydroxyl groups excluding tert-OH is 1. The molecule has 1 unspecified atom stereocenters. The van der Waals surface area contributed by atoms with E-state index in [0.717, 1.165) is 71.7 Å². The van der Waals surface area contributed by atoms with E-state index in [1.165, 1.54) is 5.56 Å². The minimum atomic E-state index is -0.520. The molecule has 1 aromatic carbocycles. The summed E-state index contributed by atoms with van der Waals surface area (Å²) in [5, 5.41) is 10.5. The van der Waals surface area contributed by atoms with Crippen LogP contribution in [0.5, 0.6) is 11.5 Å². The van der Waals surface area contributed by atoms with Crippen LogP contribution in [0.1, 0.15) is 24.8 Å². The van der Waals surface area contributed by atoms with Crippen LogP contribution >= 0.6 is 0 Å². The van der Waals surface area contributed by atoms with Crippen molar-refractivity contribution >= 4 is 0 Å². The smallest absolute Gasteiger partial charge is 0.161 e. The van der Waals surface area contributed by atoms with Gasteiger partial charge < -0.3 is 29.1 Å². The fourth-order valence-electron chi connectivity index (χ4n) is 4.50. The first-order valence-electron chi connectivity index (χ1n) is 11.7. The average molecular weight is 436 g/mol. The van der Waals surface area contributed by atoms with Crippen LogP contribution in [0, 0.1) is 5.92 Å². The number of methoxy groups -OCH3 is 1. The fourth-order valence-corrected chi connectivity index (χ4v) is 4.50. The predicted molar refractivity (Wildman–Crippen MR) is 123 cm³/mol. The maximum atomic E-state index is 10.5. The number of hydrogen-bond donors (Lipinski definition) is 1. The summed E-state index contributed by atoms with van der Waals surface area (Å²) in [4.78, 5) is 7.04. The van der Waals surface area contributed by atoms with Gasteiger partial charge >= 0.3 is 0 Å². The highest BCUT2D eigenvalue weighted by molar-refractivity contribution is 5.43. The Labute approximate surface area is 187 Å². The van der Waals surface area contributed by atoms with Gasteiger partial charge in [-0.15, -0.1) is 0 Å². The first-order chi connectivity index (χ1) is 15.0. The molecule has 1 aromatic rings. The van der Waals surface area contributed by atoms with Crippen LogP contribution in [0.15, 0.2) is 18.2 Å². The standard InChI is InChI=1S/C24H41N3O4/c1-25-9-4-10-27(12-11-25)18-22(28)19-31-24-15-21(5-6-23(24)29-3)17-26(2)16-20-7-13-30-14-8-20/h5-6,15,20,22,28H,4,7-14,16-19H2,1-3H3. The lowest BCUT2D eigenvalue weighted by molar-refractivity contribution is 0.0549. The van der Waals surface area contributed by atoms with Crippen LogP contribution in [0.4, 0.5) is 0 Å². The predicted octanol–water partition coefficient (Wildman–Crippen LogP) is 1.93. The quantitative estimate of drug-likeness (QED) is 0.603. The SMILES string of the molecule is COc1ccc(CN(C)CC2CCOCC2)cc1OCC(O)CN1CCCN(C)CC1. The van der Waals surface area contributed by atoms with Gasteiger partial charge in [0.05, 0.1) is 7.11 Å². The topological polar surface area (TPSA) is 57.6 Å². The summed E-state index contributed by atoms with van der Waals surface area (Å²) >= 11 is 0. The van der Waals surface area contributed by atoms with E-state index in [-0.39, 0.29) is 6.61 Å². The molecule has 2 saturated heterocycles. The Morgan fingerprint density at radius 3 is 2.74 bits per heavy atom. The highest BCUT2D eigenvalue weighted by atomic mass is 16.5. The van der Waals surface area contributed by atoms with Gasteiger partial charge in [-0.1, -0.05) is 6.07 Å². The van der Waals surface area contributed by atoms with E-state index < -0.39 is 6.10 Å². The number of likely N-dealkylation sites (N-methyl/N-ethyl adjacent to an activating group) is 1.